The maximum Gasteiger partial charge on any atom is 0.127 e. The molecule has 0 spiro atoms. The summed E-state index contributed by atoms with van der Waals surface area (Å²) in [6.45, 7) is 8.87. The summed E-state index contributed by atoms with van der Waals surface area (Å²) in [6, 6.07) is 0. The predicted octanol–water partition coefficient (Wildman–Crippen LogP) is 3.83. The molecule has 102 valence electrons. The molecule has 0 bridgehead atoms. The molecule has 0 unspecified atom stereocenters. The SMILES string of the molecule is CCCCCc1nc(C2CC2)n(C(C)(C)C)c1N. The van der Waals surface area contributed by atoms with E-state index in [2.05, 4.69) is 32.3 Å². The fourth-order valence-corrected chi connectivity index (χ4v) is 2.54. The number of nitrogen functional groups attached to an aromatic ring is 1. The Morgan fingerprint density at radius 3 is 2.44 bits per heavy atom. The molecular formula is C15H27N3. The molecule has 1 fully saturated rings. The Kier molecular flexibility index (Phi) is 3.69. The first-order chi connectivity index (χ1) is 8.45. The number of aromatic nitrogens is 2. The van der Waals surface area contributed by atoms with Crippen LogP contribution >= 0.6 is 0 Å². The Labute approximate surface area is 111 Å². The molecule has 1 aliphatic rings. The minimum Gasteiger partial charge on any atom is -0.384 e. The van der Waals surface area contributed by atoms with E-state index < -0.39 is 0 Å². The molecule has 0 atom stereocenters. The summed E-state index contributed by atoms with van der Waals surface area (Å²) in [5.74, 6) is 2.79. The van der Waals surface area contributed by atoms with E-state index >= 15 is 0 Å². The number of unbranched alkanes of at least 4 members (excludes halogenated alkanes) is 2. The number of rotatable bonds is 5. The lowest BCUT2D eigenvalue weighted by Gasteiger charge is -2.25. The number of imidazole rings is 1. The largest absolute Gasteiger partial charge is 0.384 e. The van der Waals surface area contributed by atoms with Gasteiger partial charge in [0.15, 0.2) is 0 Å². The first-order valence-corrected chi connectivity index (χ1v) is 7.32. The average Bonchev–Trinajstić information content (AvgIpc) is 3.04. The summed E-state index contributed by atoms with van der Waals surface area (Å²) in [4.78, 5) is 4.85. The highest BCUT2D eigenvalue weighted by Crippen LogP contribution is 2.42. The summed E-state index contributed by atoms with van der Waals surface area (Å²) in [5, 5.41) is 0. The Bertz CT molecular complexity index is 408. The predicted molar refractivity (Wildman–Crippen MR) is 76.8 cm³/mol. The van der Waals surface area contributed by atoms with Crippen LogP contribution in [0.3, 0.4) is 0 Å². The van der Waals surface area contributed by atoms with Crippen molar-refractivity contribution < 1.29 is 0 Å². The van der Waals surface area contributed by atoms with Crippen LogP contribution in [0.5, 0.6) is 0 Å². The molecular weight excluding hydrogens is 222 g/mol. The van der Waals surface area contributed by atoms with Crippen molar-refractivity contribution in [3.63, 3.8) is 0 Å². The molecule has 0 amide bonds. The van der Waals surface area contributed by atoms with Gasteiger partial charge in [0.05, 0.1) is 5.69 Å². The van der Waals surface area contributed by atoms with E-state index in [1.54, 1.807) is 0 Å². The lowest BCUT2D eigenvalue weighted by Crippen LogP contribution is -2.25. The highest BCUT2D eigenvalue weighted by Gasteiger charge is 2.33. The first-order valence-electron chi connectivity index (χ1n) is 7.32. The van der Waals surface area contributed by atoms with Gasteiger partial charge in [0.2, 0.25) is 0 Å². The number of nitrogens with two attached hydrogens (primary N) is 1. The van der Waals surface area contributed by atoms with Crippen molar-refractivity contribution in [2.45, 2.75) is 77.7 Å². The van der Waals surface area contributed by atoms with Crippen LogP contribution in [-0.2, 0) is 12.0 Å². The molecule has 2 N–H and O–H groups in total. The summed E-state index contributed by atoms with van der Waals surface area (Å²) in [7, 11) is 0. The Morgan fingerprint density at radius 1 is 1.28 bits per heavy atom. The van der Waals surface area contributed by atoms with Crippen molar-refractivity contribution in [1.29, 1.82) is 0 Å². The van der Waals surface area contributed by atoms with Crippen LogP contribution in [0.25, 0.3) is 0 Å². The molecule has 0 aromatic carbocycles. The molecule has 0 saturated heterocycles. The van der Waals surface area contributed by atoms with E-state index in [0.717, 1.165) is 17.9 Å². The molecule has 1 aromatic rings. The van der Waals surface area contributed by atoms with Crippen LogP contribution in [0.2, 0.25) is 0 Å². The standard InChI is InChI=1S/C15H27N3/c1-5-6-7-8-12-13(16)18(15(2,3)4)14(17-12)11-9-10-11/h11H,5-10,16H2,1-4H3. The third kappa shape index (κ3) is 2.70. The first kappa shape index (κ1) is 13.4. The summed E-state index contributed by atoms with van der Waals surface area (Å²) in [6.07, 6.45) is 7.30. The van der Waals surface area contributed by atoms with Crippen LogP contribution in [0.1, 0.15) is 77.2 Å². The molecule has 1 aromatic heterocycles. The number of aryl methyl sites for hydroxylation is 1. The Balaban J connectivity index is 2.26. The van der Waals surface area contributed by atoms with E-state index in [1.807, 2.05) is 0 Å². The van der Waals surface area contributed by atoms with Gasteiger partial charge in [-0.15, -0.1) is 0 Å². The summed E-state index contributed by atoms with van der Waals surface area (Å²) >= 11 is 0. The highest BCUT2D eigenvalue weighted by molar-refractivity contribution is 5.41. The number of anilines is 1. The third-order valence-corrected chi connectivity index (χ3v) is 3.65. The zero-order chi connectivity index (χ0) is 13.3. The van der Waals surface area contributed by atoms with Crippen LogP contribution in [0, 0.1) is 0 Å². The van der Waals surface area contributed by atoms with Crippen molar-refractivity contribution in [1.82, 2.24) is 9.55 Å². The van der Waals surface area contributed by atoms with Crippen LogP contribution in [0.4, 0.5) is 5.82 Å². The fraction of sp³-hybridized carbons (Fsp3) is 0.800. The number of hydrogen-bond acceptors (Lipinski definition) is 2. The minimum absolute atomic E-state index is 0.0397. The smallest absolute Gasteiger partial charge is 0.127 e. The van der Waals surface area contributed by atoms with E-state index in [-0.39, 0.29) is 5.54 Å². The Hall–Kier alpha value is -0.990. The van der Waals surface area contributed by atoms with Crippen molar-refractivity contribution in [3.05, 3.63) is 11.5 Å². The normalized spacial score (nSPS) is 16.2. The third-order valence-electron chi connectivity index (χ3n) is 3.65. The lowest BCUT2D eigenvalue weighted by molar-refractivity contribution is 0.388. The van der Waals surface area contributed by atoms with Gasteiger partial charge >= 0.3 is 0 Å². The van der Waals surface area contributed by atoms with Gasteiger partial charge in [-0.2, -0.15) is 0 Å². The van der Waals surface area contributed by atoms with Crippen molar-refractivity contribution >= 4 is 5.82 Å². The average molecular weight is 249 g/mol. The molecule has 3 heteroatoms. The highest BCUT2D eigenvalue weighted by atomic mass is 15.2. The molecule has 1 heterocycles. The van der Waals surface area contributed by atoms with Gasteiger partial charge in [0.1, 0.15) is 11.6 Å². The molecule has 0 aliphatic heterocycles. The lowest BCUT2D eigenvalue weighted by atomic mass is 10.1. The molecule has 18 heavy (non-hydrogen) atoms. The maximum atomic E-state index is 6.34. The van der Waals surface area contributed by atoms with E-state index in [4.69, 9.17) is 10.7 Å². The molecule has 3 nitrogen and oxygen atoms in total. The quantitative estimate of drug-likeness (QED) is 0.806. The summed E-state index contributed by atoms with van der Waals surface area (Å²) < 4.78 is 2.27. The van der Waals surface area contributed by atoms with E-state index in [9.17, 15) is 0 Å². The minimum atomic E-state index is 0.0397. The molecule has 1 saturated carbocycles. The van der Waals surface area contributed by atoms with Gasteiger partial charge in [-0.1, -0.05) is 19.8 Å². The second-order valence-electron chi connectivity index (χ2n) is 6.54. The van der Waals surface area contributed by atoms with E-state index in [0.29, 0.717) is 5.92 Å². The van der Waals surface area contributed by atoms with Gasteiger partial charge in [-0.25, -0.2) is 4.98 Å². The van der Waals surface area contributed by atoms with Gasteiger partial charge in [-0.3, -0.25) is 0 Å². The van der Waals surface area contributed by atoms with Gasteiger partial charge in [0.25, 0.3) is 0 Å². The van der Waals surface area contributed by atoms with Crippen LogP contribution < -0.4 is 5.73 Å². The van der Waals surface area contributed by atoms with Crippen molar-refractivity contribution in [2.75, 3.05) is 5.73 Å². The monoisotopic (exact) mass is 249 g/mol. The molecule has 0 radical (unpaired) electrons. The zero-order valence-corrected chi connectivity index (χ0v) is 12.3. The van der Waals surface area contributed by atoms with Gasteiger partial charge in [0, 0.05) is 11.5 Å². The van der Waals surface area contributed by atoms with Crippen molar-refractivity contribution in [2.24, 2.45) is 0 Å². The number of hydrogen-bond donors (Lipinski definition) is 1. The topological polar surface area (TPSA) is 43.8 Å². The Morgan fingerprint density at radius 2 is 1.94 bits per heavy atom. The van der Waals surface area contributed by atoms with Crippen molar-refractivity contribution in [3.8, 4) is 0 Å². The second-order valence-corrected chi connectivity index (χ2v) is 6.54. The van der Waals surface area contributed by atoms with Crippen LogP contribution in [0.15, 0.2) is 0 Å². The summed E-state index contributed by atoms with van der Waals surface area (Å²) in [5.41, 5.74) is 7.50. The van der Waals surface area contributed by atoms with Gasteiger partial charge in [-0.05, 0) is 46.5 Å². The van der Waals surface area contributed by atoms with E-state index in [1.165, 1.54) is 37.9 Å². The fourth-order valence-electron chi connectivity index (χ4n) is 2.54. The molecule has 2 rings (SSSR count). The number of nitrogens with zero attached hydrogens (tertiary/aromatic N) is 2. The maximum absolute atomic E-state index is 6.34. The molecule has 1 aliphatic carbocycles. The zero-order valence-electron chi connectivity index (χ0n) is 12.3. The van der Waals surface area contributed by atoms with Gasteiger partial charge < -0.3 is 10.3 Å². The second kappa shape index (κ2) is 4.94. The van der Waals surface area contributed by atoms with Crippen LogP contribution in [-0.4, -0.2) is 9.55 Å².